The number of rotatable bonds is 4. The van der Waals surface area contributed by atoms with Gasteiger partial charge in [0.1, 0.15) is 11.3 Å². The van der Waals surface area contributed by atoms with E-state index in [1.807, 2.05) is 41.5 Å². The maximum absolute atomic E-state index is 13.1. The molecule has 28 heavy (non-hydrogen) atoms. The number of Topliss-reactive ketones (excluding diaryl/α,β-unsaturated/α-hetero) is 1. The molecule has 1 aromatic carbocycles. The van der Waals surface area contributed by atoms with Gasteiger partial charge in [0.15, 0.2) is 0 Å². The minimum Gasteiger partial charge on any atom is -0.507 e. The fraction of sp³-hybridized carbons (Fsp3) is 0.476. The van der Waals surface area contributed by atoms with Crippen LogP contribution in [0.25, 0.3) is 0 Å². The van der Waals surface area contributed by atoms with Gasteiger partial charge in [-0.1, -0.05) is 41.5 Å². The van der Waals surface area contributed by atoms with Crippen molar-refractivity contribution in [3.63, 3.8) is 0 Å². The topological polar surface area (TPSA) is 110 Å². The monoisotopic (exact) mass is 390 g/mol. The van der Waals surface area contributed by atoms with Gasteiger partial charge in [-0.05, 0) is 23.0 Å². The summed E-state index contributed by atoms with van der Waals surface area (Å²) in [7, 11) is 3.26. The van der Waals surface area contributed by atoms with Gasteiger partial charge in [0.2, 0.25) is 5.78 Å². The summed E-state index contributed by atoms with van der Waals surface area (Å²) < 4.78 is 4.41. The summed E-state index contributed by atoms with van der Waals surface area (Å²) >= 11 is 0. The van der Waals surface area contributed by atoms with Crippen molar-refractivity contribution in [2.24, 2.45) is 5.73 Å². The van der Waals surface area contributed by atoms with Gasteiger partial charge >= 0.3 is 12.1 Å². The predicted molar refractivity (Wildman–Crippen MR) is 107 cm³/mol. The number of esters is 1. The van der Waals surface area contributed by atoms with E-state index in [0.29, 0.717) is 11.1 Å². The number of phenolic OH excluding ortho intramolecular Hbond substituents is 1. The number of hydrogen-bond donors (Lipinski definition) is 2. The number of ketones is 1. The highest BCUT2D eigenvalue weighted by atomic mass is 16.6. The summed E-state index contributed by atoms with van der Waals surface area (Å²) in [6.45, 7) is 11.5. The zero-order valence-corrected chi connectivity index (χ0v) is 17.8. The molecular weight excluding hydrogens is 360 g/mol. The number of nitrogens with two attached hydrogens (primary N) is 1. The molecule has 0 aliphatic carbocycles. The highest BCUT2D eigenvalue weighted by Crippen LogP contribution is 2.40. The smallest absolute Gasteiger partial charge is 0.412 e. The van der Waals surface area contributed by atoms with E-state index in [0.717, 1.165) is 0 Å². The number of ether oxygens (including phenoxy) is 1. The molecule has 0 heterocycles. The molecule has 0 saturated carbocycles. The first-order chi connectivity index (χ1) is 12.6. The van der Waals surface area contributed by atoms with Crippen molar-refractivity contribution in [1.82, 2.24) is 4.90 Å². The molecule has 0 radical (unpaired) electrons. The highest BCUT2D eigenvalue weighted by molar-refractivity contribution is 6.25. The van der Waals surface area contributed by atoms with Crippen LogP contribution in [0.4, 0.5) is 4.79 Å². The van der Waals surface area contributed by atoms with E-state index in [4.69, 9.17) is 5.73 Å². The number of nitrogens with zero attached hydrogens (tertiary/aromatic N) is 1. The van der Waals surface area contributed by atoms with E-state index in [2.05, 4.69) is 4.74 Å². The second kappa shape index (κ2) is 8.04. The molecule has 0 fully saturated rings. The minimum atomic E-state index is -1.29. The third-order valence-electron chi connectivity index (χ3n) is 4.03. The predicted octanol–water partition coefficient (Wildman–Crippen LogP) is 3.24. The molecule has 0 spiro atoms. The third-order valence-corrected chi connectivity index (χ3v) is 4.03. The van der Waals surface area contributed by atoms with Crippen molar-refractivity contribution >= 4 is 17.8 Å². The molecule has 0 aromatic heterocycles. The zero-order valence-electron chi connectivity index (χ0n) is 17.8. The van der Waals surface area contributed by atoms with Crippen LogP contribution in [0.3, 0.4) is 0 Å². The van der Waals surface area contributed by atoms with Crippen LogP contribution in [0.1, 0.15) is 63.0 Å². The van der Waals surface area contributed by atoms with Crippen molar-refractivity contribution in [1.29, 1.82) is 0 Å². The van der Waals surface area contributed by atoms with E-state index in [-0.39, 0.29) is 16.9 Å². The van der Waals surface area contributed by atoms with Crippen LogP contribution in [-0.2, 0) is 20.4 Å². The molecule has 0 aliphatic heterocycles. The Morgan fingerprint density at radius 3 is 1.75 bits per heavy atom. The number of primary amides is 1. The number of benzene rings is 1. The maximum Gasteiger partial charge on any atom is 0.412 e. The van der Waals surface area contributed by atoms with Crippen LogP contribution in [-0.4, -0.2) is 41.9 Å². The largest absolute Gasteiger partial charge is 0.507 e. The molecule has 7 heteroatoms. The average molecular weight is 390 g/mol. The zero-order chi connectivity index (χ0) is 22.0. The molecular formula is C21H30N2O5. The average Bonchev–Trinajstić information content (AvgIpc) is 2.48. The first-order valence-corrected chi connectivity index (χ1v) is 8.88. The summed E-state index contributed by atoms with van der Waals surface area (Å²) in [4.78, 5) is 37.8. The molecule has 154 valence electrons. The van der Waals surface area contributed by atoms with Gasteiger partial charge in [0.05, 0.1) is 0 Å². The van der Waals surface area contributed by atoms with Crippen LogP contribution < -0.4 is 5.73 Å². The summed E-state index contributed by atoms with van der Waals surface area (Å²) in [5, 5.41) is 10.8. The van der Waals surface area contributed by atoms with Crippen LogP contribution in [0, 0.1) is 0 Å². The molecule has 1 amide bonds. The minimum absolute atomic E-state index is 0.120. The van der Waals surface area contributed by atoms with Gasteiger partial charge < -0.3 is 20.5 Å². The van der Waals surface area contributed by atoms with Crippen LogP contribution in [0.2, 0.25) is 0 Å². The third kappa shape index (κ3) is 5.58. The summed E-state index contributed by atoms with van der Waals surface area (Å²) in [6.07, 6.45) is -0.0209. The van der Waals surface area contributed by atoms with Gasteiger partial charge in [-0.3, -0.25) is 4.79 Å². The maximum atomic E-state index is 13.1. The molecule has 7 nitrogen and oxygen atoms in total. The Morgan fingerprint density at radius 1 is 1.00 bits per heavy atom. The van der Waals surface area contributed by atoms with Crippen molar-refractivity contribution in [3.8, 4) is 5.75 Å². The SMILES string of the molecule is CN(C)/C=C(\C(=O)OC(N)=O)C(=O)c1cc(C(C)(C)C)c(O)c(C(C)(C)C)c1. The first-order valence-electron chi connectivity index (χ1n) is 8.88. The lowest BCUT2D eigenvalue weighted by atomic mass is 9.77. The van der Waals surface area contributed by atoms with Crippen molar-refractivity contribution in [3.05, 3.63) is 40.6 Å². The lowest BCUT2D eigenvalue weighted by Gasteiger charge is -2.28. The second-order valence-electron chi connectivity index (χ2n) is 8.96. The molecule has 1 aromatic rings. The Bertz CT molecular complexity index is 789. The van der Waals surface area contributed by atoms with Crippen LogP contribution in [0.15, 0.2) is 23.9 Å². The number of carbonyl (C=O) groups is 3. The molecule has 0 saturated heterocycles. The van der Waals surface area contributed by atoms with Crippen molar-refractivity contribution in [2.75, 3.05) is 14.1 Å². The normalized spacial score (nSPS) is 12.5. The van der Waals surface area contributed by atoms with E-state index < -0.39 is 28.7 Å². The first kappa shape index (κ1) is 23.2. The summed E-state index contributed by atoms with van der Waals surface area (Å²) in [5.74, 6) is -1.64. The number of amides is 1. The Hall–Kier alpha value is -2.83. The standard InChI is InChI=1S/C21H30N2O5/c1-20(2,3)14-9-12(10-15(17(14)25)21(4,5)6)16(24)13(11-23(7)8)18(26)28-19(22)27/h9-11,25H,1-8H3,(H2,22,27)/b13-11-. The number of phenols is 1. The van der Waals surface area contributed by atoms with Crippen molar-refractivity contribution < 1.29 is 24.2 Å². The number of hydrogen-bond acceptors (Lipinski definition) is 6. The van der Waals surface area contributed by atoms with Crippen molar-refractivity contribution in [2.45, 2.75) is 52.4 Å². The van der Waals surface area contributed by atoms with Gasteiger partial charge in [-0.25, -0.2) is 9.59 Å². The van der Waals surface area contributed by atoms with Gasteiger partial charge in [-0.15, -0.1) is 0 Å². The molecule has 3 N–H and O–H groups in total. The molecule has 0 aliphatic rings. The number of carbonyl (C=O) groups excluding carboxylic acids is 3. The Balaban J connectivity index is 3.69. The Labute approximate surface area is 166 Å². The highest BCUT2D eigenvalue weighted by Gasteiger charge is 2.30. The summed E-state index contributed by atoms with van der Waals surface area (Å²) in [6, 6.07) is 3.13. The molecule has 0 unspecified atom stereocenters. The Morgan fingerprint density at radius 2 is 1.43 bits per heavy atom. The quantitative estimate of drug-likeness (QED) is 0.268. The van der Waals surface area contributed by atoms with E-state index in [1.165, 1.54) is 11.1 Å². The molecule has 0 atom stereocenters. The summed E-state index contributed by atoms with van der Waals surface area (Å²) in [5.41, 5.74) is 5.06. The van der Waals surface area contributed by atoms with Gasteiger partial charge in [0.25, 0.3) is 0 Å². The number of aromatic hydroxyl groups is 1. The Kier molecular flexibility index (Phi) is 6.67. The lowest BCUT2D eigenvalue weighted by Crippen LogP contribution is -2.25. The fourth-order valence-electron chi connectivity index (χ4n) is 2.67. The van der Waals surface area contributed by atoms with Crippen LogP contribution in [0.5, 0.6) is 5.75 Å². The van der Waals surface area contributed by atoms with E-state index >= 15 is 0 Å². The van der Waals surface area contributed by atoms with Crippen LogP contribution >= 0.6 is 0 Å². The van der Waals surface area contributed by atoms with Gasteiger partial charge in [-0.2, -0.15) is 0 Å². The van der Waals surface area contributed by atoms with Gasteiger partial charge in [0, 0.05) is 37.0 Å². The fourth-order valence-corrected chi connectivity index (χ4v) is 2.67. The molecule has 1 rings (SSSR count). The second-order valence-corrected chi connectivity index (χ2v) is 8.96. The van der Waals surface area contributed by atoms with E-state index in [9.17, 15) is 19.5 Å². The lowest BCUT2D eigenvalue weighted by molar-refractivity contribution is -0.132. The van der Waals surface area contributed by atoms with E-state index in [1.54, 1.807) is 26.2 Å². The molecule has 0 bridgehead atoms.